The molecule has 0 N–H and O–H groups in total. The van der Waals surface area contributed by atoms with E-state index < -0.39 is 0 Å². The molecule has 0 heterocycles. The van der Waals surface area contributed by atoms with Gasteiger partial charge in [-0.2, -0.15) is 0 Å². The molecule has 0 aliphatic carbocycles. The molecule has 0 aliphatic heterocycles. The summed E-state index contributed by atoms with van der Waals surface area (Å²) in [5, 5.41) is 0. The zero-order chi connectivity index (χ0) is 7.98. The first kappa shape index (κ1) is 9.63. The van der Waals surface area contributed by atoms with Crippen molar-refractivity contribution in [1.29, 1.82) is 0 Å². The fraction of sp³-hybridized carbons (Fsp3) is 0.875. The van der Waals surface area contributed by atoms with Gasteiger partial charge >= 0.3 is 0 Å². The first-order valence-electron chi connectivity index (χ1n) is 3.72. The maximum Gasteiger partial charge on any atom is 0.122 e. The van der Waals surface area contributed by atoms with Gasteiger partial charge in [-0.25, -0.2) is 0 Å². The highest BCUT2D eigenvalue weighted by molar-refractivity contribution is 5.49. The molecule has 1 unspecified atom stereocenters. The normalized spacial score (nSPS) is 13.6. The van der Waals surface area contributed by atoms with Gasteiger partial charge in [-0.3, -0.25) is 0 Å². The minimum absolute atomic E-state index is 0.0832. The fourth-order valence-corrected chi connectivity index (χ4v) is 0.560. The van der Waals surface area contributed by atoms with Crippen molar-refractivity contribution in [3.63, 3.8) is 0 Å². The van der Waals surface area contributed by atoms with E-state index in [2.05, 4.69) is 13.8 Å². The summed E-state index contributed by atoms with van der Waals surface area (Å²) in [4.78, 5) is 9.98. The summed E-state index contributed by atoms with van der Waals surface area (Å²) in [6, 6.07) is 0. The van der Waals surface area contributed by atoms with Crippen molar-refractivity contribution in [2.45, 2.75) is 33.3 Å². The Labute approximate surface area is 62.6 Å². The lowest BCUT2D eigenvalue weighted by Crippen LogP contribution is -2.12. The molecule has 0 aliphatic rings. The second kappa shape index (κ2) is 5.42. The third-order valence-corrected chi connectivity index (χ3v) is 1.14. The van der Waals surface area contributed by atoms with Crippen LogP contribution in [-0.4, -0.2) is 19.0 Å². The minimum Gasteiger partial charge on any atom is -0.378 e. The molecule has 2 nitrogen and oxygen atoms in total. The van der Waals surface area contributed by atoms with E-state index in [1.165, 1.54) is 0 Å². The Hall–Kier alpha value is -0.370. The summed E-state index contributed by atoms with van der Waals surface area (Å²) in [5.74, 6) is 0.550. The van der Waals surface area contributed by atoms with Gasteiger partial charge in [0.05, 0.1) is 6.10 Å². The summed E-state index contributed by atoms with van der Waals surface area (Å²) in [6.07, 6.45) is 1.48. The molecule has 0 fully saturated rings. The van der Waals surface area contributed by atoms with Crippen molar-refractivity contribution < 1.29 is 9.53 Å². The van der Waals surface area contributed by atoms with Crippen LogP contribution in [-0.2, 0) is 9.53 Å². The summed E-state index contributed by atoms with van der Waals surface area (Å²) >= 11 is 0. The van der Waals surface area contributed by atoms with Crippen LogP contribution in [0.3, 0.4) is 0 Å². The standard InChI is InChI=1S/C8H16O2/c1-7(2)6-10-8(3)4-5-9/h5,7-8H,4,6H2,1-3H3. The van der Waals surface area contributed by atoms with E-state index in [4.69, 9.17) is 4.74 Å². The molecule has 0 amide bonds. The number of carbonyl (C=O) groups excluding carboxylic acids is 1. The summed E-state index contributed by atoms with van der Waals surface area (Å²) < 4.78 is 5.31. The lowest BCUT2D eigenvalue weighted by molar-refractivity contribution is -0.110. The van der Waals surface area contributed by atoms with Crippen LogP contribution in [0.15, 0.2) is 0 Å². The highest BCUT2D eigenvalue weighted by atomic mass is 16.5. The fourth-order valence-electron chi connectivity index (χ4n) is 0.560. The van der Waals surface area contributed by atoms with Crippen LogP contribution < -0.4 is 0 Å². The molecule has 0 aromatic rings. The van der Waals surface area contributed by atoms with E-state index in [-0.39, 0.29) is 6.10 Å². The van der Waals surface area contributed by atoms with Crippen LogP contribution in [0.5, 0.6) is 0 Å². The number of hydrogen-bond donors (Lipinski definition) is 0. The van der Waals surface area contributed by atoms with Gasteiger partial charge in [-0.05, 0) is 12.8 Å². The van der Waals surface area contributed by atoms with Crippen molar-refractivity contribution in [2.75, 3.05) is 6.61 Å². The van der Waals surface area contributed by atoms with E-state index in [1.54, 1.807) is 0 Å². The first-order valence-corrected chi connectivity index (χ1v) is 3.72. The van der Waals surface area contributed by atoms with Gasteiger partial charge in [0.25, 0.3) is 0 Å². The summed E-state index contributed by atoms with van der Waals surface area (Å²) in [7, 11) is 0. The molecule has 0 saturated carbocycles. The van der Waals surface area contributed by atoms with Gasteiger partial charge < -0.3 is 9.53 Å². The molecule has 0 rings (SSSR count). The molecule has 0 saturated heterocycles. The predicted octanol–water partition coefficient (Wildman–Crippen LogP) is 1.64. The highest BCUT2D eigenvalue weighted by Gasteiger charge is 2.01. The Morgan fingerprint density at radius 2 is 2.00 bits per heavy atom. The number of ether oxygens (including phenoxy) is 1. The Balaban J connectivity index is 3.20. The maximum atomic E-state index is 9.98. The van der Waals surface area contributed by atoms with E-state index in [0.29, 0.717) is 12.3 Å². The highest BCUT2D eigenvalue weighted by Crippen LogP contribution is 1.99. The summed E-state index contributed by atoms with van der Waals surface area (Å²) in [6.45, 7) is 6.84. The Bertz CT molecular complexity index is 89.3. The van der Waals surface area contributed by atoms with E-state index in [9.17, 15) is 4.79 Å². The van der Waals surface area contributed by atoms with Gasteiger partial charge in [0.1, 0.15) is 6.29 Å². The van der Waals surface area contributed by atoms with Crippen molar-refractivity contribution >= 4 is 6.29 Å². The topological polar surface area (TPSA) is 26.3 Å². The predicted molar refractivity (Wildman–Crippen MR) is 40.9 cm³/mol. The molecule has 60 valence electrons. The second-order valence-electron chi connectivity index (χ2n) is 2.94. The van der Waals surface area contributed by atoms with Gasteiger partial charge in [0.15, 0.2) is 0 Å². The van der Waals surface area contributed by atoms with Crippen molar-refractivity contribution in [3.8, 4) is 0 Å². The Morgan fingerprint density at radius 1 is 1.40 bits per heavy atom. The number of carbonyl (C=O) groups is 1. The summed E-state index contributed by atoms with van der Waals surface area (Å²) in [5.41, 5.74) is 0. The van der Waals surface area contributed by atoms with Crippen LogP contribution >= 0.6 is 0 Å². The van der Waals surface area contributed by atoms with Crippen molar-refractivity contribution in [3.05, 3.63) is 0 Å². The maximum absolute atomic E-state index is 9.98. The SMILES string of the molecule is CC(C)COC(C)CC=O. The molecular formula is C8H16O2. The zero-order valence-corrected chi connectivity index (χ0v) is 6.96. The molecular weight excluding hydrogens is 128 g/mol. The average molecular weight is 144 g/mol. The second-order valence-corrected chi connectivity index (χ2v) is 2.94. The van der Waals surface area contributed by atoms with Crippen LogP contribution in [0.1, 0.15) is 27.2 Å². The molecule has 1 atom stereocenters. The van der Waals surface area contributed by atoms with Crippen LogP contribution in [0.4, 0.5) is 0 Å². The lowest BCUT2D eigenvalue weighted by atomic mass is 10.2. The molecule has 0 aromatic heterocycles. The number of aldehydes is 1. The molecule has 2 heteroatoms. The molecule has 10 heavy (non-hydrogen) atoms. The number of rotatable bonds is 5. The first-order chi connectivity index (χ1) is 4.66. The average Bonchev–Trinajstić information content (AvgIpc) is 1.85. The smallest absolute Gasteiger partial charge is 0.122 e. The van der Waals surface area contributed by atoms with Crippen LogP contribution in [0.2, 0.25) is 0 Å². The van der Waals surface area contributed by atoms with Crippen LogP contribution in [0, 0.1) is 5.92 Å². The van der Waals surface area contributed by atoms with E-state index in [0.717, 1.165) is 12.9 Å². The molecule has 0 bridgehead atoms. The third kappa shape index (κ3) is 5.76. The van der Waals surface area contributed by atoms with Gasteiger partial charge in [0, 0.05) is 13.0 Å². The van der Waals surface area contributed by atoms with Crippen molar-refractivity contribution in [2.24, 2.45) is 5.92 Å². The third-order valence-electron chi connectivity index (χ3n) is 1.14. The number of hydrogen-bond acceptors (Lipinski definition) is 2. The Kier molecular flexibility index (Phi) is 5.22. The van der Waals surface area contributed by atoms with Crippen molar-refractivity contribution in [1.82, 2.24) is 0 Å². The largest absolute Gasteiger partial charge is 0.378 e. The molecule has 0 spiro atoms. The van der Waals surface area contributed by atoms with E-state index >= 15 is 0 Å². The molecule has 0 radical (unpaired) electrons. The van der Waals surface area contributed by atoms with E-state index in [1.807, 2.05) is 6.92 Å². The zero-order valence-electron chi connectivity index (χ0n) is 6.96. The van der Waals surface area contributed by atoms with Gasteiger partial charge in [-0.1, -0.05) is 13.8 Å². The van der Waals surface area contributed by atoms with Crippen LogP contribution in [0.25, 0.3) is 0 Å². The quantitative estimate of drug-likeness (QED) is 0.548. The van der Waals surface area contributed by atoms with Gasteiger partial charge in [0.2, 0.25) is 0 Å². The minimum atomic E-state index is 0.0832. The van der Waals surface area contributed by atoms with Gasteiger partial charge in [-0.15, -0.1) is 0 Å². The Morgan fingerprint density at radius 3 is 2.40 bits per heavy atom. The molecule has 0 aromatic carbocycles. The monoisotopic (exact) mass is 144 g/mol. The lowest BCUT2D eigenvalue weighted by Gasteiger charge is -2.11.